The summed E-state index contributed by atoms with van der Waals surface area (Å²) in [6.45, 7) is 0. The van der Waals surface area contributed by atoms with Gasteiger partial charge in [-0.05, 0) is 52.4 Å². The maximum absolute atomic E-state index is 12.9. The van der Waals surface area contributed by atoms with Gasteiger partial charge < -0.3 is 15.4 Å². The van der Waals surface area contributed by atoms with Crippen LogP contribution in [0.25, 0.3) is 10.9 Å². The monoisotopic (exact) mass is 437 g/mol. The van der Waals surface area contributed by atoms with Gasteiger partial charge in [0.1, 0.15) is 5.82 Å². The average molecular weight is 438 g/mol. The molecule has 3 rings (SSSR count). The second-order valence-corrected chi connectivity index (χ2v) is 6.31. The highest BCUT2D eigenvalue weighted by Gasteiger charge is 2.18. The van der Waals surface area contributed by atoms with Crippen molar-refractivity contribution in [3.63, 3.8) is 0 Å². The fourth-order valence-corrected chi connectivity index (χ4v) is 2.90. The van der Waals surface area contributed by atoms with E-state index in [9.17, 15) is 19.6 Å². The highest BCUT2D eigenvalue weighted by atomic mass is 79.9. The molecule has 0 atom stereocenters. The Labute approximate surface area is 159 Å². The molecule has 1 heterocycles. The van der Waals surface area contributed by atoms with Crippen molar-refractivity contribution >= 4 is 61.2 Å². The fourth-order valence-electron chi connectivity index (χ4n) is 2.20. The van der Waals surface area contributed by atoms with Crippen LogP contribution in [-0.4, -0.2) is 20.1 Å². The number of nitro groups is 1. The third kappa shape index (κ3) is 3.68. The molecule has 0 fully saturated rings. The smallest absolute Gasteiger partial charge is 0.271 e. The largest absolute Gasteiger partial charge is 0.493 e. The lowest BCUT2D eigenvalue weighted by atomic mass is 10.2. The van der Waals surface area contributed by atoms with E-state index in [1.54, 1.807) is 0 Å². The molecule has 132 valence electrons. The Morgan fingerprint density at radius 2 is 2.04 bits per heavy atom. The van der Waals surface area contributed by atoms with E-state index >= 15 is 0 Å². The number of hydrogen-bond donors (Lipinski definition) is 3. The summed E-state index contributed by atoms with van der Waals surface area (Å²) in [6, 6.07) is 8.02. The third-order valence-electron chi connectivity index (χ3n) is 3.34. The molecule has 2 aromatic carbocycles. The topological polar surface area (TPSA) is 116 Å². The highest BCUT2D eigenvalue weighted by molar-refractivity contribution is 9.10. The van der Waals surface area contributed by atoms with Gasteiger partial charge in [0.2, 0.25) is 11.0 Å². The number of nitrogens with one attached hydrogen (secondary N) is 2. The van der Waals surface area contributed by atoms with Crippen molar-refractivity contribution in [1.29, 1.82) is 0 Å². The Bertz CT molecular complexity index is 1050. The molecule has 0 aliphatic carbocycles. The van der Waals surface area contributed by atoms with Gasteiger partial charge in [0, 0.05) is 27.7 Å². The molecule has 0 radical (unpaired) electrons. The maximum Gasteiger partial charge on any atom is 0.271 e. The van der Waals surface area contributed by atoms with Crippen molar-refractivity contribution in [3.8, 4) is 5.88 Å². The number of aromatic nitrogens is 1. The number of nitro benzene ring substituents is 1. The highest BCUT2D eigenvalue weighted by Crippen LogP contribution is 2.40. The molecule has 0 amide bonds. The molecule has 1 aromatic heterocycles. The quantitative estimate of drug-likeness (QED) is 0.226. The number of H-pyrrole nitrogens is 1. The number of rotatable bonds is 3. The summed E-state index contributed by atoms with van der Waals surface area (Å²) >= 11 is 8.23. The summed E-state index contributed by atoms with van der Waals surface area (Å²) in [5.41, 5.74) is 0.774. The van der Waals surface area contributed by atoms with Gasteiger partial charge in [0.25, 0.3) is 5.69 Å². The summed E-state index contributed by atoms with van der Waals surface area (Å²) in [5, 5.41) is 31.7. The summed E-state index contributed by atoms with van der Waals surface area (Å²) in [4.78, 5) is 13.1. The molecular formula is C15H9BrFN5O3S. The Morgan fingerprint density at radius 3 is 2.69 bits per heavy atom. The zero-order valence-corrected chi connectivity index (χ0v) is 15.1. The number of anilines is 1. The number of hydrogen-bond acceptors (Lipinski definition) is 5. The number of fused-ring (bicyclic) bond motifs is 1. The number of azo groups is 1. The average Bonchev–Trinajstić information content (AvgIpc) is 2.91. The molecule has 0 aliphatic heterocycles. The van der Waals surface area contributed by atoms with Crippen LogP contribution in [0.2, 0.25) is 0 Å². The minimum absolute atomic E-state index is 0.00709. The molecule has 8 nitrogen and oxygen atoms in total. The van der Waals surface area contributed by atoms with Gasteiger partial charge in [-0.25, -0.2) is 4.39 Å². The van der Waals surface area contributed by atoms with E-state index in [1.165, 1.54) is 36.4 Å². The van der Waals surface area contributed by atoms with Gasteiger partial charge >= 0.3 is 0 Å². The van der Waals surface area contributed by atoms with Crippen LogP contribution in [-0.2, 0) is 0 Å². The predicted octanol–water partition coefficient (Wildman–Crippen LogP) is 5.16. The first-order chi connectivity index (χ1) is 12.3. The fraction of sp³-hybridized carbons (Fsp3) is 0. The van der Waals surface area contributed by atoms with E-state index < -0.39 is 4.92 Å². The maximum atomic E-state index is 12.9. The molecule has 0 spiro atoms. The van der Waals surface area contributed by atoms with E-state index in [-0.39, 0.29) is 28.2 Å². The van der Waals surface area contributed by atoms with Crippen LogP contribution >= 0.6 is 28.1 Å². The van der Waals surface area contributed by atoms with E-state index in [2.05, 4.69) is 36.5 Å². The summed E-state index contributed by atoms with van der Waals surface area (Å²) < 4.78 is 13.3. The first-order valence-corrected chi connectivity index (χ1v) is 8.22. The molecule has 3 N–H and O–H groups in total. The van der Waals surface area contributed by atoms with Crippen molar-refractivity contribution in [2.45, 2.75) is 0 Å². The molecule has 26 heavy (non-hydrogen) atoms. The van der Waals surface area contributed by atoms with E-state index in [4.69, 9.17) is 12.2 Å². The molecule has 0 bridgehead atoms. The predicted molar refractivity (Wildman–Crippen MR) is 101 cm³/mol. The number of nitrogens with zero attached hydrogens (tertiary/aromatic N) is 3. The van der Waals surface area contributed by atoms with Crippen molar-refractivity contribution in [1.82, 2.24) is 4.98 Å². The second-order valence-electron chi connectivity index (χ2n) is 5.07. The van der Waals surface area contributed by atoms with Crippen LogP contribution in [0.1, 0.15) is 0 Å². The van der Waals surface area contributed by atoms with Gasteiger partial charge in [0.15, 0.2) is 5.69 Å². The van der Waals surface area contributed by atoms with Crippen LogP contribution in [0.5, 0.6) is 5.88 Å². The lowest BCUT2D eigenvalue weighted by Gasteiger charge is -2.02. The Kier molecular flexibility index (Phi) is 4.91. The van der Waals surface area contributed by atoms with Crippen molar-refractivity contribution in [3.05, 3.63) is 56.8 Å². The van der Waals surface area contributed by atoms with Gasteiger partial charge in [-0.1, -0.05) is 0 Å². The van der Waals surface area contributed by atoms with Crippen LogP contribution in [0, 0.1) is 15.9 Å². The molecule has 0 saturated heterocycles. The molecule has 3 aromatic rings. The number of thiocarbonyl (C=S) groups is 1. The van der Waals surface area contributed by atoms with Crippen molar-refractivity contribution in [2.24, 2.45) is 10.2 Å². The zero-order valence-electron chi connectivity index (χ0n) is 12.7. The molecular weight excluding hydrogens is 429 g/mol. The number of aromatic hydroxyl groups is 1. The number of non-ortho nitro benzene ring substituents is 1. The van der Waals surface area contributed by atoms with Gasteiger partial charge in [-0.2, -0.15) is 0 Å². The summed E-state index contributed by atoms with van der Waals surface area (Å²) in [5.74, 6) is -0.700. The minimum atomic E-state index is -0.560. The first-order valence-electron chi connectivity index (χ1n) is 7.02. The zero-order chi connectivity index (χ0) is 18.8. The number of aromatic amines is 1. The van der Waals surface area contributed by atoms with E-state index in [0.717, 1.165) is 0 Å². The lowest BCUT2D eigenvalue weighted by molar-refractivity contribution is -0.384. The normalized spacial score (nSPS) is 11.2. The van der Waals surface area contributed by atoms with Gasteiger partial charge in [-0.15, -0.1) is 10.2 Å². The summed E-state index contributed by atoms with van der Waals surface area (Å²) in [7, 11) is 0. The van der Waals surface area contributed by atoms with E-state index in [0.29, 0.717) is 21.1 Å². The molecule has 0 unspecified atom stereocenters. The third-order valence-corrected chi connectivity index (χ3v) is 4.15. The van der Waals surface area contributed by atoms with Crippen molar-refractivity contribution in [2.75, 3.05) is 5.32 Å². The Morgan fingerprint density at radius 1 is 1.35 bits per heavy atom. The Hall–Kier alpha value is -2.92. The molecule has 11 heteroatoms. The summed E-state index contributed by atoms with van der Waals surface area (Å²) in [6.07, 6.45) is 0. The minimum Gasteiger partial charge on any atom is -0.493 e. The molecule has 0 aliphatic rings. The lowest BCUT2D eigenvalue weighted by Crippen LogP contribution is -2.04. The number of halogens is 2. The standard InChI is InChI=1S/C15H9BrFN5O3S/c16-11-6-9(22(24)25)5-10-12(11)19-14(23)13(10)20-21-15(26)18-8-3-1-7(17)2-4-8/h1-6,19,23H,(H,18,26). The van der Waals surface area contributed by atoms with Crippen molar-refractivity contribution < 1.29 is 14.4 Å². The van der Waals surface area contributed by atoms with E-state index in [1.807, 2.05) is 0 Å². The molecule has 0 saturated carbocycles. The van der Waals surface area contributed by atoms with Crippen LogP contribution in [0.3, 0.4) is 0 Å². The van der Waals surface area contributed by atoms with Gasteiger partial charge in [-0.3, -0.25) is 10.1 Å². The first kappa shape index (κ1) is 17.9. The SMILES string of the molecule is O=[N+]([O-])c1cc(Br)c2[nH]c(O)c(N=NC(=S)Nc3ccc(F)cc3)c2c1. The Balaban J connectivity index is 1.91. The van der Waals surface area contributed by atoms with Crippen LogP contribution in [0.15, 0.2) is 51.1 Å². The van der Waals surface area contributed by atoms with Crippen LogP contribution < -0.4 is 5.32 Å². The number of benzene rings is 2. The second kappa shape index (κ2) is 7.14. The van der Waals surface area contributed by atoms with Gasteiger partial charge in [0.05, 0.1) is 10.4 Å². The van der Waals surface area contributed by atoms with Crippen LogP contribution in [0.4, 0.5) is 21.5 Å².